The molecule has 0 aromatic carbocycles. The van der Waals surface area contributed by atoms with Crippen molar-refractivity contribution in [2.75, 3.05) is 13.1 Å². The van der Waals surface area contributed by atoms with Crippen molar-refractivity contribution in [3.05, 3.63) is 18.2 Å². The summed E-state index contributed by atoms with van der Waals surface area (Å²) in [5, 5.41) is 5.89. The maximum atomic E-state index is 12.5. The van der Waals surface area contributed by atoms with Crippen LogP contribution in [-0.4, -0.2) is 51.4 Å². The van der Waals surface area contributed by atoms with Gasteiger partial charge in [0.2, 0.25) is 11.8 Å². The summed E-state index contributed by atoms with van der Waals surface area (Å²) < 4.78 is 2.07. The minimum absolute atomic E-state index is 0.0110. The Kier molecular flexibility index (Phi) is 6.29. The van der Waals surface area contributed by atoms with Gasteiger partial charge in [-0.3, -0.25) is 14.5 Å². The van der Waals surface area contributed by atoms with Gasteiger partial charge in [-0.05, 0) is 18.8 Å². The number of rotatable bonds is 7. The van der Waals surface area contributed by atoms with Gasteiger partial charge in [0.05, 0.1) is 31.0 Å². The summed E-state index contributed by atoms with van der Waals surface area (Å²) in [5.41, 5.74) is 0.993. The maximum absolute atomic E-state index is 12.5. The van der Waals surface area contributed by atoms with Gasteiger partial charge in [-0.15, -0.1) is 0 Å². The van der Waals surface area contributed by atoms with Gasteiger partial charge >= 0.3 is 0 Å². The first-order chi connectivity index (χ1) is 12.5. The number of carbonyl (C=O) groups excluding carboxylic acids is 2. The Morgan fingerprint density at radius 2 is 2.15 bits per heavy atom. The van der Waals surface area contributed by atoms with Crippen LogP contribution in [0.4, 0.5) is 0 Å². The Morgan fingerprint density at radius 1 is 1.38 bits per heavy atom. The molecule has 2 heterocycles. The van der Waals surface area contributed by atoms with Crippen molar-refractivity contribution in [2.45, 2.75) is 71.1 Å². The van der Waals surface area contributed by atoms with Crippen LogP contribution in [0.5, 0.6) is 0 Å². The first-order valence-corrected chi connectivity index (χ1v) is 9.83. The monoisotopic (exact) mass is 361 g/mol. The van der Waals surface area contributed by atoms with Crippen LogP contribution in [0, 0.1) is 5.92 Å². The summed E-state index contributed by atoms with van der Waals surface area (Å²) in [7, 11) is 0. The van der Waals surface area contributed by atoms with Crippen molar-refractivity contribution in [2.24, 2.45) is 5.92 Å². The number of carbonyl (C=O) groups is 2. The minimum Gasteiger partial charge on any atom is -0.353 e. The van der Waals surface area contributed by atoms with Crippen LogP contribution in [0.1, 0.15) is 51.6 Å². The lowest BCUT2D eigenvalue weighted by atomic mass is 10.0. The van der Waals surface area contributed by atoms with Crippen molar-refractivity contribution >= 4 is 11.8 Å². The molecule has 0 bridgehead atoms. The summed E-state index contributed by atoms with van der Waals surface area (Å²) in [6.45, 7) is 7.16. The first-order valence-electron chi connectivity index (χ1n) is 9.83. The molecule has 2 amide bonds. The molecule has 1 atom stereocenters. The second kappa shape index (κ2) is 8.66. The van der Waals surface area contributed by atoms with E-state index in [1.807, 2.05) is 0 Å². The van der Waals surface area contributed by atoms with Crippen LogP contribution in [-0.2, 0) is 22.7 Å². The van der Waals surface area contributed by atoms with Crippen molar-refractivity contribution < 1.29 is 9.59 Å². The molecular formula is C19H31N5O2. The Morgan fingerprint density at radius 3 is 2.88 bits per heavy atom. The fourth-order valence-electron chi connectivity index (χ4n) is 4.11. The normalized spacial score (nSPS) is 22.0. The van der Waals surface area contributed by atoms with Crippen LogP contribution < -0.4 is 10.6 Å². The summed E-state index contributed by atoms with van der Waals surface area (Å²) >= 11 is 0. The molecule has 2 fully saturated rings. The quantitative estimate of drug-likeness (QED) is 0.767. The zero-order valence-electron chi connectivity index (χ0n) is 15.9. The van der Waals surface area contributed by atoms with Gasteiger partial charge in [0, 0.05) is 31.9 Å². The van der Waals surface area contributed by atoms with Crippen molar-refractivity contribution in [1.82, 2.24) is 25.1 Å². The molecule has 1 saturated heterocycles. The van der Waals surface area contributed by atoms with Gasteiger partial charge in [-0.25, -0.2) is 4.98 Å². The van der Waals surface area contributed by atoms with E-state index in [0.717, 1.165) is 31.6 Å². The maximum Gasteiger partial charge on any atom is 0.237 e. The van der Waals surface area contributed by atoms with Gasteiger partial charge in [0.25, 0.3) is 0 Å². The second-order valence-corrected chi connectivity index (χ2v) is 7.89. The largest absolute Gasteiger partial charge is 0.353 e. The second-order valence-electron chi connectivity index (χ2n) is 7.89. The molecule has 2 aliphatic rings. The van der Waals surface area contributed by atoms with E-state index >= 15 is 0 Å². The lowest BCUT2D eigenvalue weighted by molar-refractivity contribution is -0.135. The Labute approximate surface area is 155 Å². The van der Waals surface area contributed by atoms with E-state index in [-0.39, 0.29) is 24.3 Å². The van der Waals surface area contributed by atoms with Gasteiger partial charge in [0.1, 0.15) is 0 Å². The molecule has 0 radical (unpaired) electrons. The molecule has 0 spiro atoms. The molecule has 26 heavy (non-hydrogen) atoms. The number of amides is 2. The number of imidazole rings is 1. The fourth-order valence-corrected chi connectivity index (χ4v) is 4.11. The van der Waals surface area contributed by atoms with Crippen LogP contribution in [0.25, 0.3) is 0 Å². The lowest BCUT2D eigenvalue weighted by Gasteiger charge is -2.38. The molecule has 3 rings (SSSR count). The van der Waals surface area contributed by atoms with Gasteiger partial charge < -0.3 is 15.2 Å². The molecule has 1 saturated carbocycles. The number of hydrogen-bond donors (Lipinski definition) is 2. The zero-order valence-corrected chi connectivity index (χ0v) is 15.9. The predicted molar refractivity (Wildman–Crippen MR) is 99.3 cm³/mol. The Hall–Kier alpha value is -1.89. The van der Waals surface area contributed by atoms with E-state index < -0.39 is 0 Å². The molecule has 2 N–H and O–H groups in total. The number of aromatic nitrogens is 2. The Balaban J connectivity index is 1.56. The molecule has 1 aliphatic carbocycles. The van der Waals surface area contributed by atoms with Crippen LogP contribution in [0.3, 0.4) is 0 Å². The predicted octanol–water partition coefficient (Wildman–Crippen LogP) is 1.29. The van der Waals surface area contributed by atoms with E-state index in [1.165, 1.54) is 12.8 Å². The van der Waals surface area contributed by atoms with Crippen molar-refractivity contribution in [1.29, 1.82) is 0 Å². The minimum atomic E-state index is -0.340. The summed E-state index contributed by atoms with van der Waals surface area (Å²) in [6, 6.07) is 0.110. The zero-order chi connectivity index (χ0) is 18.5. The number of hydrogen-bond acceptors (Lipinski definition) is 4. The molecule has 7 heteroatoms. The topological polar surface area (TPSA) is 79.3 Å². The van der Waals surface area contributed by atoms with Crippen LogP contribution in [0.2, 0.25) is 0 Å². The van der Waals surface area contributed by atoms with Gasteiger partial charge in [-0.1, -0.05) is 26.7 Å². The van der Waals surface area contributed by atoms with E-state index in [4.69, 9.17) is 0 Å². The molecule has 1 aromatic heterocycles. The van der Waals surface area contributed by atoms with Gasteiger partial charge in [0.15, 0.2) is 0 Å². The van der Waals surface area contributed by atoms with E-state index in [9.17, 15) is 9.59 Å². The third kappa shape index (κ3) is 4.63. The van der Waals surface area contributed by atoms with Crippen molar-refractivity contribution in [3.63, 3.8) is 0 Å². The average molecular weight is 361 g/mol. The smallest absolute Gasteiger partial charge is 0.237 e. The lowest BCUT2D eigenvalue weighted by Crippen LogP contribution is -2.59. The van der Waals surface area contributed by atoms with E-state index in [1.54, 1.807) is 12.5 Å². The first kappa shape index (κ1) is 18.9. The average Bonchev–Trinajstić information content (AvgIpc) is 3.26. The van der Waals surface area contributed by atoms with Crippen molar-refractivity contribution in [3.8, 4) is 0 Å². The number of nitrogens with zero attached hydrogens (tertiary/aromatic N) is 3. The molecule has 0 unspecified atom stereocenters. The Bertz CT molecular complexity index is 621. The highest BCUT2D eigenvalue weighted by molar-refractivity contribution is 5.88. The molecular weight excluding hydrogens is 330 g/mol. The summed E-state index contributed by atoms with van der Waals surface area (Å²) in [6.07, 6.45) is 8.54. The highest BCUT2D eigenvalue weighted by Gasteiger charge is 2.36. The molecule has 1 aliphatic heterocycles. The molecule has 1 aromatic rings. The SMILES string of the molecule is CC(C)Cn1cncc1CNC(=O)C[C@@H]1C(=O)NCCN1C1CCCC1. The number of piperazine rings is 1. The summed E-state index contributed by atoms with van der Waals surface area (Å²) in [4.78, 5) is 31.3. The van der Waals surface area contributed by atoms with Gasteiger partial charge in [-0.2, -0.15) is 0 Å². The summed E-state index contributed by atoms with van der Waals surface area (Å²) in [5.74, 6) is 0.431. The van der Waals surface area contributed by atoms with Crippen LogP contribution >= 0.6 is 0 Å². The molecule has 144 valence electrons. The van der Waals surface area contributed by atoms with Crippen LogP contribution in [0.15, 0.2) is 12.5 Å². The standard InChI is InChI=1S/C19H31N5O2/c1-14(2)12-23-13-20-10-16(23)11-22-18(25)9-17-19(26)21-7-8-24(17)15-5-3-4-6-15/h10,13-15,17H,3-9,11-12H2,1-2H3,(H,21,26)(H,22,25)/t17-/m1/s1. The van der Waals surface area contributed by atoms with E-state index in [2.05, 4.69) is 38.9 Å². The highest BCUT2D eigenvalue weighted by atomic mass is 16.2. The third-order valence-corrected chi connectivity index (χ3v) is 5.37. The third-order valence-electron chi connectivity index (χ3n) is 5.37. The van der Waals surface area contributed by atoms with E-state index in [0.29, 0.717) is 25.0 Å². The fraction of sp³-hybridized carbons (Fsp3) is 0.737. The molecule has 7 nitrogen and oxygen atoms in total. The highest BCUT2D eigenvalue weighted by Crippen LogP contribution is 2.26. The number of nitrogens with one attached hydrogen (secondary N) is 2.